The van der Waals surface area contributed by atoms with Crippen LogP contribution in [0.3, 0.4) is 0 Å². The summed E-state index contributed by atoms with van der Waals surface area (Å²) < 4.78 is 0. The van der Waals surface area contributed by atoms with E-state index in [2.05, 4.69) is 56.9 Å². The highest BCUT2D eigenvalue weighted by Gasteiger charge is 2.32. The van der Waals surface area contributed by atoms with E-state index in [1.165, 1.54) is 22.1 Å². The number of hydrogen-bond acceptors (Lipinski definition) is 5. The molecule has 1 aromatic rings. The van der Waals surface area contributed by atoms with Gasteiger partial charge in [0.1, 0.15) is 0 Å². The van der Waals surface area contributed by atoms with Crippen molar-refractivity contribution in [2.45, 2.75) is 46.2 Å². The quantitative estimate of drug-likeness (QED) is 0.875. The molecule has 0 saturated carbocycles. The second kappa shape index (κ2) is 7.07. The molecule has 1 saturated heterocycles. The number of anilines is 1. The van der Waals surface area contributed by atoms with Crippen molar-refractivity contribution in [3.63, 3.8) is 0 Å². The third kappa shape index (κ3) is 3.76. The molecule has 0 aromatic carbocycles. The maximum Gasteiger partial charge on any atom is 0.185 e. The Kier molecular flexibility index (Phi) is 5.63. The lowest BCUT2D eigenvalue weighted by Crippen LogP contribution is -2.34. The van der Waals surface area contributed by atoms with Gasteiger partial charge in [0.25, 0.3) is 0 Å². The summed E-state index contributed by atoms with van der Waals surface area (Å²) >= 11 is 1.86. The fraction of sp³-hybridized carbons (Fsp3) is 0.812. The van der Waals surface area contributed by atoms with Crippen LogP contribution in [0.15, 0.2) is 0 Å². The van der Waals surface area contributed by atoms with Crippen molar-refractivity contribution >= 4 is 16.5 Å². The van der Waals surface area contributed by atoms with E-state index in [1.807, 2.05) is 11.3 Å². The molecule has 1 N–H and O–H groups in total. The van der Waals surface area contributed by atoms with Crippen molar-refractivity contribution in [1.29, 1.82) is 0 Å². The van der Waals surface area contributed by atoms with Crippen LogP contribution in [-0.4, -0.2) is 49.7 Å². The Morgan fingerprint density at radius 2 is 2.14 bits per heavy atom. The third-order valence-electron chi connectivity index (χ3n) is 4.42. The molecular formula is C16H30N4S. The van der Waals surface area contributed by atoms with Gasteiger partial charge in [0.2, 0.25) is 0 Å². The zero-order chi connectivity index (χ0) is 15.6. The summed E-state index contributed by atoms with van der Waals surface area (Å²) in [7, 11) is 4.36. The van der Waals surface area contributed by atoms with Crippen molar-refractivity contribution in [3.05, 3.63) is 10.6 Å². The van der Waals surface area contributed by atoms with Crippen molar-refractivity contribution < 1.29 is 0 Å². The Bertz CT molecular complexity index is 457. The number of likely N-dealkylation sites (N-methyl/N-ethyl adjacent to an activating group) is 1. The number of nitrogens with one attached hydrogen (secondary N) is 1. The first-order valence-corrected chi connectivity index (χ1v) is 8.87. The minimum absolute atomic E-state index is 0.404. The summed E-state index contributed by atoms with van der Waals surface area (Å²) in [4.78, 5) is 11.0. The molecule has 1 aliphatic heterocycles. The molecule has 1 aliphatic rings. The van der Waals surface area contributed by atoms with E-state index in [0.717, 1.165) is 19.6 Å². The van der Waals surface area contributed by atoms with Gasteiger partial charge in [0.15, 0.2) is 5.13 Å². The monoisotopic (exact) mass is 310 g/mol. The first-order valence-electron chi connectivity index (χ1n) is 8.06. The van der Waals surface area contributed by atoms with E-state index in [1.54, 1.807) is 0 Å². The zero-order valence-electron chi connectivity index (χ0n) is 14.3. The Morgan fingerprint density at radius 3 is 2.71 bits per heavy atom. The second-order valence-corrected chi connectivity index (χ2v) is 7.54. The predicted molar refractivity (Wildman–Crippen MR) is 92.4 cm³/mol. The summed E-state index contributed by atoms with van der Waals surface area (Å²) in [6.07, 6.45) is 1.17. The van der Waals surface area contributed by atoms with Gasteiger partial charge in [-0.25, -0.2) is 4.98 Å². The molecule has 0 radical (unpaired) electrons. The lowest BCUT2D eigenvalue weighted by molar-refractivity contribution is 0.266. The van der Waals surface area contributed by atoms with Crippen LogP contribution in [0, 0.1) is 12.8 Å². The van der Waals surface area contributed by atoms with Crippen LogP contribution < -0.4 is 10.2 Å². The lowest BCUT2D eigenvalue weighted by atomic mass is 10.1. The molecule has 2 heterocycles. The van der Waals surface area contributed by atoms with Gasteiger partial charge in [0.05, 0.1) is 5.69 Å². The van der Waals surface area contributed by atoms with Crippen LogP contribution in [0.4, 0.5) is 5.13 Å². The summed E-state index contributed by atoms with van der Waals surface area (Å²) in [6.45, 7) is 12.2. The Labute approximate surface area is 133 Å². The SMILES string of the molecule is CCCNC(C)c1sc(N2CC(C)C(N(C)C)C2)nc1C. The van der Waals surface area contributed by atoms with Crippen LogP contribution in [0.25, 0.3) is 0 Å². The summed E-state index contributed by atoms with van der Waals surface area (Å²) in [5.41, 5.74) is 1.19. The van der Waals surface area contributed by atoms with Crippen molar-refractivity contribution in [3.8, 4) is 0 Å². The fourth-order valence-corrected chi connectivity index (χ4v) is 4.27. The second-order valence-electron chi connectivity index (χ2n) is 6.54. The van der Waals surface area contributed by atoms with Crippen molar-refractivity contribution in [2.75, 3.05) is 38.6 Å². The van der Waals surface area contributed by atoms with E-state index in [4.69, 9.17) is 4.98 Å². The Hall–Kier alpha value is -0.650. The highest BCUT2D eigenvalue weighted by Crippen LogP contribution is 2.34. The minimum atomic E-state index is 0.404. The van der Waals surface area contributed by atoms with Gasteiger partial charge in [-0.1, -0.05) is 13.8 Å². The van der Waals surface area contributed by atoms with Gasteiger partial charge in [-0.05, 0) is 46.8 Å². The molecule has 0 amide bonds. The van der Waals surface area contributed by atoms with Crippen LogP contribution in [0.1, 0.15) is 43.8 Å². The molecule has 21 heavy (non-hydrogen) atoms. The topological polar surface area (TPSA) is 31.4 Å². The number of aryl methyl sites for hydroxylation is 1. The summed E-state index contributed by atoms with van der Waals surface area (Å²) in [5, 5.41) is 4.77. The highest BCUT2D eigenvalue weighted by molar-refractivity contribution is 7.15. The fourth-order valence-electron chi connectivity index (χ4n) is 3.16. The van der Waals surface area contributed by atoms with Crippen LogP contribution in [-0.2, 0) is 0 Å². The Morgan fingerprint density at radius 1 is 1.43 bits per heavy atom. The minimum Gasteiger partial charge on any atom is -0.346 e. The average molecular weight is 311 g/mol. The average Bonchev–Trinajstić information content (AvgIpc) is 2.99. The van der Waals surface area contributed by atoms with E-state index in [-0.39, 0.29) is 0 Å². The first kappa shape index (κ1) is 16.7. The van der Waals surface area contributed by atoms with Gasteiger partial charge >= 0.3 is 0 Å². The number of thiazole rings is 1. The molecule has 1 fully saturated rings. The molecule has 0 aliphatic carbocycles. The lowest BCUT2D eigenvalue weighted by Gasteiger charge is -2.22. The summed E-state index contributed by atoms with van der Waals surface area (Å²) in [6, 6.07) is 1.04. The van der Waals surface area contributed by atoms with E-state index >= 15 is 0 Å². The van der Waals surface area contributed by atoms with E-state index in [9.17, 15) is 0 Å². The molecule has 5 heteroatoms. The maximum atomic E-state index is 4.84. The first-order chi connectivity index (χ1) is 9.93. The third-order valence-corrected chi connectivity index (χ3v) is 5.82. The van der Waals surface area contributed by atoms with Crippen LogP contribution in [0.2, 0.25) is 0 Å². The van der Waals surface area contributed by atoms with E-state index < -0.39 is 0 Å². The van der Waals surface area contributed by atoms with Gasteiger partial charge in [0, 0.05) is 30.1 Å². The molecular weight excluding hydrogens is 280 g/mol. The van der Waals surface area contributed by atoms with Crippen molar-refractivity contribution in [1.82, 2.24) is 15.2 Å². The molecule has 120 valence electrons. The molecule has 0 bridgehead atoms. The predicted octanol–water partition coefficient (Wildman–Crippen LogP) is 2.90. The summed E-state index contributed by atoms with van der Waals surface area (Å²) in [5.74, 6) is 0.697. The normalized spacial score (nSPS) is 24.0. The standard InChI is InChI=1S/C16H30N4S/c1-7-8-17-12(3)15-13(4)18-16(21-15)20-9-11(2)14(10-20)19(5)6/h11-12,14,17H,7-10H2,1-6H3. The number of rotatable bonds is 6. The zero-order valence-corrected chi connectivity index (χ0v) is 15.1. The maximum absolute atomic E-state index is 4.84. The van der Waals surface area contributed by atoms with E-state index in [0.29, 0.717) is 18.0 Å². The van der Waals surface area contributed by atoms with Crippen LogP contribution in [0.5, 0.6) is 0 Å². The molecule has 2 rings (SSSR count). The van der Waals surface area contributed by atoms with Gasteiger partial charge in [-0.15, -0.1) is 11.3 Å². The molecule has 0 spiro atoms. The molecule has 1 aromatic heterocycles. The molecule has 4 nitrogen and oxygen atoms in total. The number of aromatic nitrogens is 1. The van der Waals surface area contributed by atoms with Gasteiger partial charge in [-0.3, -0.25) is 0 Å². The molecule has 3 unspecified atom stereocenters. The van der Waals surface area contributed by atoms with Crippen LogP contribution >= 0.6 is 11.3 Å². The van der Waals surface area contributed by atoms with Crippen molar-refractivity contribution in [2.24, 2.45) is 5.92 Å². The van der Waals surface area contributed by atoms with Gasteiger partial charge in [-0.2, -0.15) is 0 Å². The number of nitrogens with zero attached hydrogens (tertiary/aromatic N) is 3. The molecule has 3 atom stereocenters. The smallest absolute Gasteiger partial charge is 0.185 e. The van der Waals surface area contributed by atoms with Gasteiger partial charge < -0.3 is 15.1 Å². The largest absolute Gasteiger partial charge is 0.346 e. The highest BCUT2D eigenvalue weighted by atomic mass is 32.1. The Balaban J connectivity index is 2.09. The number of hydrogen-bond donors (Lipinski definition) is 1.